The molecule has 2 rings (SSSR count). The fraction of sp³-hybridized carbons (Fsp3) is 0.571. The van der Waals surface area contributed by atoms with E-state index >= 15 is 0 Å². The van der Waals surface area contributed by atoms with Gasteiger partial charge in [-0.2, -0.15) is 11.8 Å². The largest absolute Gasteiger partial charge is 0.310 e. The maximum Gasteiger partial charge on any atom is 0.146 e. The summed E-state index contributed by atoms with van der Waals surface area (Å²) in [4.78, 5) is 0. The van der Waals surface area contributed by atoms with E-state index in [2.05, 4.69) is 11.6 Å². The molecular weight excluding hydrogens is 269 g/mol. The van der Waals surface area contributed by atoms with E-state index in [1.165, 1.54) is 25.7 Å². The lowest BCUT2D eigenvalue weighted by atomic mass is 9.95. The molecule has 0 aromatic heterocycles. The Labute approximate surface area is 117 Å². The zero-order valence-corrected chi connectivity index (χ0v) is 12.2. The van der Waals surface area contributed by atoms with E-state index in [0.29, 0.717) is 18.2 Å². The van der Waals surface area contributed by atoms with Crippen LogP contribution in [0.25, 0.3) is 0 Å². The van der Waals surface area contributed by atoms with Crippen molar-refractivity contribution in [2.45, 2.75) is 43.5 Å². The van der Waals surface area contributed by atoms with Crippen molar-refractivity contribution in [1.29, 1.82) is 0 Å². The van der Waals surface area contributed by atoms with Crippen molar-refractivity contribution in [3.63, 3.8) is 0 Å². The third-order valence-electron chi connectivity index (χ3n) is 3.57. The van der Waals surface area contributed by atoms with Crippen LogP contribution in [0, 0.1) is 5.82 Å². The lowest BCUT2D eigenvalue weighted by Gasteiger charge is -2.28. The van der Waals surface area contributed by atoms with Crippen LogP contribution in [0.3, 0.4) is 0 Å². The Morgan fingerprint density at radius 2 is 2.28 bits per heavy atom. The Balaban J connectivity index is 1.89. The third kappa shape index (κ3) is 3.62. The predicted octanol–water partition coefficient (Wildman–Crippen LogP) is 4.24. The molecule has 4 heteroatoms. The van der Waals surface area contributed by atoms with Gasteiger partial charge in [-0.15, -0.1) is 0 Å². The molecule has 1 fully saturated rings. The van der Waals surface area contributed by atoms with Gasteiger partial charge in [-0.3, -0.25) is 0 Å². The maximum atomic E-state index is 13.7. The average Bonchev–Trinajstić information content (AvgIpc) is 2.41. The van der Waals surface area contributed by atoms with Crippen LogP contribution in [0.5, 0.6) is 0 Å². The van der Waals surface area contributed by atoms with Crippen molar-refractivity contribution < 1.29 is 4.39 Å². The first-order valence-electron chi connectivity index (χ1n) is 6.39. The quantitative estimate of drug-likeness (QED) is 0.889. The molecule has 0 saturated heterocycles. The van der Waals surface area contributed by atoms with Crippen LogP contribution in [-0.2, 0) is 6.54 Å². The van der Waals surface area contributed by atoms with Gasteiger partial charge >= 0.3 is 0 Å². The Morgan fingerprint density at radius 3 is 3.06 bits per heavy atom. The van der Waals surface area contributed by atoms with E-state index < -0.39 is 0 Å². The molecule has 1 aromatic carbocycles. The summed E-state index contributed by atoms with van der Waals surface area (Å²) in [6.07, 6.45) is 7.12. The number of hydrogen-bond acceptors (Lipinski definition) is 2. The minimum absolute atomic E-state index is 0.208. The average molecular weight is 288 g/mol. The molecule has 0 heterocycles. The highest BCUT2D eigenvalue weighted by Gasteiger charge is 2.21. The Hall–Kier alpha value is -0.250. The molecule has 2 atom stereocenters. The van der Waals surface area contributed by atoms with Crippen LogP contribution in [0.15, 0.2) is 18.2 Å². The molecule has 1 aromatic rings. The lowest BCUT2D eigenvalue weighted by molar-refractivity contribution is 0.377. The summed E-state index contributed by atoms with van der Waals surface area (Å²) in [5.41, 5.74) is 0.661. The fourth-order valence-corrected chi connectivity index (χ4v) is 3.50. The summed E-state index contributed by atoms with van der Waals surface area (Å²) in [5, 5.41) is 4.42. The molecule has 1 aliphatic rings. The zero-order chi connectivity index (χ0) is 13.0. The second kappa shape index (κ2) is 6.78. The van der Waals surface area contributed by atoms with Crippen molar-refractivity contribution in [1.82, 2.24) is 5.32 Å². The molecule has 2 unspecified atom stereocenters. The number of benzene rings is 1. The van der Waals surface area contributed by atoms with Gasteiger partial charge in [-0.1, -0.05) is 30.2 Å². The van der Waals surface area contributed by atoms with E-state index in [-0.39, 0.29) is 10.8 Å². The van der Waals surface area contributed by atoms with Gasteiger partial charge in [0, 0.05) is 23.4 Å². The molecule has 0 bridgehead atoms. The topological polar surface area (TPSA) is 12.0 Å². The smallest absolute Gasteiger partial charge is 0.146 e. The summed E-state index contributed by atoms with van der Waals surface area (Å²) >= 11 is 7.72. The highest BCUT2D eigenvalue weighted by Crippen LogP contribution is 2.27. The monoisotopic (exact) mass is 287 g/mol. The van der Waals surface area contributed by atoms with Crippen LogP contribution >= 0.6 is 23.4 Å². The molecule has 1 nitrogen and oxygen atoms in total. The van der Waals surface area contributed by atoms with Gasteiger partial charge in [-0.25, -0.2) is 4.39 Å². The number of nitrogens with one attached hydrogen (secondary N) is 1. The van der Waals surface area contributed by atoms with Crippen molar-refractivity contribution >= 4 is 23.4 Å². The molecule has 1 saturated carbocycles. The van der Waals surface area contributed by atoms with Crippen LogP contribution in [0.1, 0.15) is 31.2 Å². The number of rotatable bonds is 4. The van der Waals surface area contributed by atoms with Gasteiger partial charge < -0.3 is 5.32 Å². The first kappa shape index (κ1) is 14.2. The van der Waals surface area contributed by atoms with Gasteiger partial charge in [0.1, 0.15) is 5.82 Å². The molecule has 1 aliphatic carbocycles. The van der Waals surface area contributed by atoms with Crippen molar-refractivity contribution in [2.75, 3.05) is 6.26 Å². The van der Waals surface area contributed by atoms with Crippen LogP contribution in [-0.4, -0.2) is 17.5 Å². The number of hydrogen-bond donors (Lipinski definition) is 1. The molecule has 0 amide bonds. The summed E-state index contributed by atoms with van der Waals surface area (Å²) in [6, 6.07) is 5.69. The second-order valence-electron chi connectivity index (χ2n) is 4.82. The third-order valence-corrected chi connectivity index (χ3v) is 4.96. The molecule has 100 valence electrons. The minimum Gasteiger partial charge on any atom is -0.310 e. The molecule has 18 heavy (non-hydrogen) atoms. The standard InChI is InChI=1S/C14H19ClFNS/c1-18-12-6-3-5-11(8-12)17-9-10-4-2-7-13(15)14(10)16/h2,4,7,11-12,17H,3,5-6,8-9H2,1H3. The Kier molecular flexibility index (Phi) is 5.34. The van der Waals surface area contributed by atoms with Crippen LogP contribution in [0.2, 0.25) is 5.02 Å². The summed E-state index contributed by atoms with van der Waals surface area (Å²) in [7, 11) is 0. The Bertz CT molecular complexity index is 399. The van der Waals surface area contributed by atoms with E-state index in [1.807, 2.05) is 11.8 Å². The van der Waals surface area contributed by atoms with Gasteiger partial charge in [0.2, 0.25) is 0 Å². The first-order chi connectivity index (χ1) is 8.70. The van der Waals surface area contributed by atoms with E-state index in [1.54, 1.807) is 18.2 Å². The maximum absolute atomic E-state index is 13.7. The number of thioether (sulfide) groups is 1. The summed E-state index contributed by atoms with van der Waals surface area (Å²) in [5.74, 6) is -0.288. The molecule has 0 spiro atoms. The second-order valence-corrected chi connectivity index (χ2v) is 6.36. The number of halogens is 2. The van der Waals surface area contributed by atoms with Crippen molar-refractivity contribution in [3.05, 3.63) is 34.6 Å². The SMILES string of the molecule is CSC1CCCC(NCc2cccc(Cl)c2F)C1. The van der Waals surface area contributed by atoms with Gasteiger partial charge in [-0.05, 0) is 31.6 Å². The first-order valence-corrected chi connectivity index (χ1v) is 8.06. The molecular formula is C14H19ClFNS. The molecule has 0 radical (unpaired) electrons. The normalized spacial score (nSPS) is 24.2. The van der Waals surface area contributed by atoms with E-state index in [0.717, 1.165) is 5.25 Å². The lowest BCUT2D eigenvalue weighted by Crippen LogP contribution is -2.34. The molecule has 0 aliphatic heterocycles. The minimum atomic E-state index is -0.288. The van der Waals surface area contributed by atoms with Crippen LogP contribution in [0.4, 0.5) is 4.39 Å². The highest BCUT2D eigenvalue weighted by molar-refractivity contribution is 7.99. The van der Waals surface area contributed by atoms with Gasteiger partial charge in [0.25, 0.3) is 0 Å². The summed E-state index contributed by atoms with van der Waals surface area (Å²) in [6.45, 7) is 0.568. The van der Waals surface area contributed by atoms with Gasteiger partial charge in [0.05, 0.1) is 5.02 Å². The van der Waals surface area contributed by atoms with Crippen LogP contribution < -0.4 is 5.32 Å². The van der Waals surface area contributed by atoms with Gasteiger partial charge in [0.15, 0.2) is 0 Å². The zero-order valence-electron chi connectivity index (χ0n) is 10.6. The summed E-state index contributed by atoms with van der Waals surface area (Å²) < 4.78 is 13.7. The Morgan fingerprint density at radius 1 is 1.44 bits per heavy atom. The highest BCUT2D eigenvalue weighted by atomic mass is 35.5. The van der Waals surface area contributed by atoms with E-state index in [4.69, 9.17) is 11.6 Å². The van der Waals surface area contributed by atoms with Crippen molar-refractivity contribution in [2.24, 2.45) is 0 Å². The fourth-order valence-electron chi connectivity index (χ4n) is 2.48. The molecule has 1 N–H and O–H groups in total. The van der Waals surface area contributed by atoms with E-state index in [9.17, 15) is 4.39 Å². The van der Waals surface area contributed by atoms with Crippen molar-refractivity contribution in [3.8, 4) is 0 Å². The predicted molar refractivity (Wildman–Crippen MR) is 77.8 cm³/mol.